The molecule has 1 N–H and O–H groups in total. The molecule has 1 aromatic carbocycles. The zero-order valence-electron chi connectivity index (χ0n) is 12.6. The Morgan fingerprint density at radius 3 is 2.71 bits per heavy atom. The molecule has 0 unspecified atom stereocenters. The lowest BCUT2D eigenvalue weighted by atomic mass is 10.1. The van der Waals surface area contributed by atoms with Crippen molar-refractivity contribution >= 4 is 46.3 Å². The van der Waals surface area contributed by atoms with Crippen LogP contribution in [0.1, 0.15) is 31.2 Å². The first kappa shape index (κ1) is 18.5. The quantitative estimate of drug-likeness (QED) is 0.449. The van der Waals surface area contributed by atoms with Gasteiger partial charge in [0.15, 0.2) is 0 Å². The maximum absolute atomic E-state index is 13.7. The molecule has 1 aliphatic heterocycles. The minimum Gasteiger partial charge on any atom is -0.481 e. The number of carboxylic acid groups (broad SMARTS) is 1. The molecule has 1 heterocycles. The summed E-state index contributed by atoms with van der Waals surface area (Å²) in [5.74, 6) is -2.58. The molecule has 1 fully saturated rings. The monoisotopic (exact) mass is 371 g/mol. The third-order valence-electron chi connectivity index (χ3n) is 3.40. The summed E-state index contributed by atoms with van der Waals surface area (Å²) in [7, 11) is 0. The minimum atomic E-state index is -0.843. The molecule has 24 heavy (non-hydrogen) atoms. The normalized spacial score (nSPS) is 16.2. The van der Waals surface area contributed by atoms with Crippen LogP contribution in [0.4, 0.5) is 8.78 Å². The summed E-state index contributed by atoms with van der Waals surface area (Å²) < 4.78 is 27.0. The Kier molecular flexibility index (Phi) is 6.44. The van der Waals surface area contributed by atoms with Gasteiger partial charge in [0.05, 0.1) is 4.91 Å². The molecule has 1 aliphatic rings. The molecule has 1 amide bonds. The maximum atomic E-state index is 13.7. The molecule has 0 atom stereocenters. The van der Waals surface area contributed by atoms with E-state index in [1.807, 2.05) is 0 Å². The van der Waals surface area contributed by atoms with Crippen molar-refractivity contribution in [2.45, 2.75) is 25.7 Å². The highest BCUT2D eigenvalue weighted by Gasteiger charge is 2.31. The van der Waals surface area contributed by atoms with Gasteiger partial charge >= 0.3 is 5.97 Å². The molecule has 0 spiro atoms. The minimum absolute atomic E-state index is 0.0993. The summed E-state index contributed by atoms with van der Waals surface area (Å²) >= 11 is 6.24. The smallest absolute Gasteiger partial charge is 0.303 e. The number of hydrogen-bond donors (Lipinski definition) is 1. The van der Waals surface area contributed by atoms with Crippen LogP contribution in [0.3, 0.4) is 0 Å². The number of carboxylic acids is 1. The first-order valence-corrected chi connectivity index (χ1v) is 8.53. The average molecular weight is 371 g/mol. The van der Waals surface area contributed by atoms with Crippen LogP contribution in [0, 0.1) is 11.6 Å². The second-order valence-corrected chi connectivity index (χ2v) is 6.88. The lowest BCUT2D eigenvalue weighted by molar-refractivity contribution is -0.137. The third-order valence-corrected chi connectivity index (χ3v) is 4.77. The van der Waals surface area contributed by atoms with Gasteiger partial charge in [0.1, 0.15) is 16.0 Å². The van der Waals surface area contributed by atoms with Gasteiger partial charge in [-0.15, -0.1) is 0 Å². The molecule has 1 aromatic rings. The van der Waals surface area contributed by atoms with Gasteiger partial charge in [0.25, 0.3) is 5.91 Å². The van der Waals surface area contributed by atoms with Gasteiger partial charge in [-0.3, -0.25) is 14.5 Å². The van der Waals surface area contributed by atoms with Crippen LogP contribution in [0.2, 0.25) is 0 Å². The van der Waals surface area contributed by atoms with E-state index >= 15 is 0 Å². The summed E-state index contributed by atoms with van der Waals surface area (Å²) in [6.45, 7) is 0.396. The Labute approximate surface area is 147 Å². The number of thioether (sulfide) groups is 1. The Bertz CT molecular complexity index is 707. The van der Waals surface area contributed by atoms with Gasteiger partial charge < -0.3 is 5.11 Å². The number of hydrogen-bond acceptors (Lipinski definition) is 4. The van der Waals surface area contributed by atoms with E-state index in [1.165, 1.54) is 17.0 Å². The predicted molar refractivity (Wildman–Crippen MR) is 92.3 cm³/mol. The van der Waals surface area contributed by atoms with Crippen molar-refractivity contribution in [2.75, 3.05) is 6.54 Å². The van der Waals surface area contributed by atoms with Gasteiger partial charge in [-0.05, 0) is 31.1 Å². The van der Waals surface area contributed by atoms with Crippen LogP contribution in [0.15, 0.2) is 23.1 Å². The number of aliphatic carboxylic acids is 1. The van der Waals surface area contributed by atoms with Crippen LogP contribution in [-0.4, -0.2) is 32.7 Å². The zero-order chi connectivity index (χ0) is 17.7. The summed E-state index contributed by atoms with van der Waals surface area (Å²) in [4.78, 5) is 24.5. The van der Waals surface area contributed by atoms with E-state index < -0.39 is 17.6 Å². The van der Waals surface area contributed by atoms with Crippen LogP contribution in [0.5, 0.6) is 0 Å². The van der Waals surface area contributed by atoms with Crippen LogP contribution in [-0.2, 0) is 9.59 Å². The number of carbonyl (C=O) groups excluding carboxylic acids is 1. The van der Waals surface area contributed by atoms with Gasteiger partial charge in [-0.2, -0.15) is 0 Å². The maximum Gasteiger partial charge on any atom is 0.303 e. The fourth-order valence-electron chi connectivity index (χ4n) is 2.18. The van der Waals surface area contributed by atoms with E-state index in [0.717, 1.165) is 23.9 Å². The average Bonchev–Trinajstić information content (AvgIpc) is 2.76. The first-order valence-electron chi connectivity index (χ1n) is 7.30. The number of amides is 1. The van der Waals surface area contributed by atoms with Crippen LogP contribution in [0.25, 0.3) is 6.08 Å². The van der Waals surface area contributed by atoms with Gasteiger partial charge in [0.2, 0.25) is 0 Å². The van der Waals surface area contributed by atoms with Crippen molar-refractivity contribution < 1.29 is 23.5 Å². The van der Waals surface area contributed by atoms with E-state index in [9.17, 15) is 18.4 Å². The number of nitrogens with zero attached hydrogens (tertiary/aromatic N) is 1. The Morgan fingerprint density at radius 1 is 1.29 bits per heavy atom. The van der Waals surface area contributed by atoms with E-state index in [1.54, 1.807) is 0 Å². The standard InChI is InChI=1S/C16H15F2NO3S2/c17-11-6-5-10(12(18)9-11)8-13-15(22)19(16(23)24-13)7-3-1-2-4-14(20)21/h5-6,8-9H,1-4,7H2,(H,20,21)/b13-8+. The second-order valence-electron chi connectivity index (χ2n) is 5.20. The number of benzene rings is 1. The lowest BCUT2D eigenvalue weighted by Gasteiger charge is -2.13. The molecular formula is C16H15F2NO3S2. The number of halogens is 2. The first-order chi connectivity index (χ1) is 11.4. The highest BCUT2D eigenvalue weighted by molar-refractivity contribution is 8.26. The molecule has 8 heteroatoms. The number of unbranched alkanes of at least 4 members (excludes halogenated alkanes) is 2. The van der Waals surface area contributed by atoms with Crippen LogP contribution >= 0.6 is 24.0 Å². The summed E-state index contributed by atoms with van der Waals surface area (Å²) in [6, 6.07) is 3.15. The summed E-state index contributed by atoms with van der Waals surface area (Å²) in [5.41, 5.74) is 0.123. The summed E-state index contributed by atoms with van der Waals surface area (Å²) in [5, 5.41) is 8.57. The molecule has 2 rings (SSSR count). The highest BCUT2D eigenvalue weighted by atomic mass is 32.2. The molecule has 0 aliphatic carbocycles. The van der Waals surface area contributed by atoms with E-state index in [2.05, 4.69) is 0 Å². The van der Waals surface area contributed by atoms with Crippen molar-refractivity contribution in [1.29, 1.82) is 0 Å². The number of rotatable bonds is 7. The van der Waals surface area contributed by atoms with Gasteiger partial charge in [-0.1, -0.05) is 30.4 Å². The van der Waals surface area contributed by atoms with E-state index in [-0.39, 0.29) is 22.8 Å². The Morgan fingerprint density at radius 2 is 2.04 bits per heavy atom. The molecular weight excluding hydrogens is 356 g/mol. The SMILES string of the molecule is O=C(O)CCCCCN1C(=O)/C(=C\c2ccc(F)cc2F)SC1=S. The van der Waals surface area contributed by atoms with Gasteiger partial charge in [-0.25, -0.2) is 8.78 Å². The molecule has 0 aromatic heterocycles. The lowest BCUT2D eigenvalue weighted by Crippen LogP contribution is -2.29. The Balaban J connectivity index is 1.98. The molecule has 1 saturated heterocycles. The number of carbonyl (C=O) groups is 2. The summed E-state index contributed by atoms with van der Waals surface area (Å²) in [6.07, 6.45) is 3.31. The van der Waals surface area contributed by atoms with E-state index in [0.29, 0.717) is 30.1 Å². The number of thiocarbonyl (C=S) groups is 1. The highest BCUT2D eigenvalue weighted by Crippen LogP contribution is 2.33. The molecule has 0 bridgehead atoms. The van der Waals surface area contributed by atoms with Crippen molar-refractivity contribution in [3.63, 3.8) is 0 Å². The molecule has 0 radical (unpaired) electrons. The van der Waals surface area contributed by atoms with Crippen molar-refractivity contribution in [3.05, 3.63) is 40.3 Å². The zero-order valence-corrected chi connectivity index (χ0v) is 14.3. The predicted octanol–water partition coefficient (Wildman–Crippen LogP) is 3.81. The molecule has 0 saturated carbocycles. The van der Waals surface area contributed by atoms with Gasteiger partial charge in [0, 0.05) is 24.6 Å². The third kappa shape index (κ3) is 4.85. The topological polar surface area (TPSA) is 57.6 Å². The van der Waals surface area contributed by atoms with Crippen molar-refractivity contribution in [1.82, 2.24) is 4.90 Å². The second kappa shape index (κ2) is 8.34. The molecule has 4 nitrogen and oxygen atoms in total. The van der Waals surface area contributed by atoms with Crippen molar-refractivity contribution in [2.24, 2.45) is 0 Å². The fraction of sp³-hybridized carbons (Fsp3) is 0.312. The largest absolute Gasteiger partial charge is 0.481 e. The molecule has 128 valence electrons. The van der Waals surface area contributed by atoms with E-state index in [4.69, 9.17) is 17.3 Å². The fourth-order valence-corrected chi connectivity index (χ4v) is 3.47. The van der Waals surface area contributed by atoms with Crippen molar-refractivity contribution in [3.8, 4) is 0 Å². The van der Waals surface area contributed by atoms with Crippen LogP contribution < -0.4 is 0 Å². The Hall–Kier alpha value is -1.80.